The highest BCUT2D eigenvalue weighted by atomic mass is 35.5. The number of hydrogen-bond acceptors (Lipinski definition) is 2. The summed E-state index contributed by atoms with van der Waals surface area (Å²) in [4.78, 5) is 12.0. The van der Waals surface area contributed by atoms with Crippen molar-refractivity contribution in [3.63, 3.8) is 0 Å². The molecule has 0 heterocycles. The molecule has 1 aliphatic rings. The van der Waals surface area contributed by atoms with E-state index in [0.29, 0.717) is 17.0 Å². The molecule has 0 bridgehead atoms. The second-order valence-electron chi connectivity index (χ2n) is 3.77. The highest BCUT2D eigenvalue weighted by Gasteiger charge is 2.23. The smallest absolute Gasteiger partial charge is 0.169 e. The van der Waals surface area contributed by atoms with Crippen LogP contribution in [0.3, 0.4) is 0 Å². The summed E-state index contributed by atoms with van der Waals surface area (Å²) < 4.78 is 0. The summed E-state index contributed by atoms with van der Waals surface area (Å²) in [5, 5.41) is 0.590. The molecule has 0 saturated heterocycles. The SMILES string of the molecule is NC1C=CC(C(=O)c2cccc(Cl)c2)C1. The topological polar surface area (TPSA) is 43.1 Å². The Bertz CT molecular complexity index is 414. The van der Waals surface area contributed by atoms with Gasteiger partial charge in [-0.2, -0.15) is 0 Å². The Hall–Kier alpha value is -1.12. The van der Waals surface area contributed by atoms with E-state index in [4.69, 9.17) is 17.3 Å². The number of Topliss-reactive ketones (excluding diaryl/α,β-unsaturated/α-hetero) is 1. The van der Waals surface area contributed by atoms with Crippen molar-refractivity contribution in [1.82, 2.24) is 0 Å². The van der Waals surface area contributed by atoms with E-state index in [1.54, 1.807) is 24.3 Å². The number of rotatable bonds is 2. The first-order valence-electron chi connectivity index (χ1n) is 4.90. The molecule has 0 aromatic heterocycles. The lowest BCUT2D eigenvalue weighted by molar-refractivity contribution is 0.0943. The molecule has 2 unspecified atom stereocenters. The van der Waals surface area contributed by atoms with Crippen molar-refractivity contribution in [3.05, 3.63) is 47.0 Å². The molecule has 1 aromatic rings. The van der Waals surface area contributed by atoms with Crippen LogP contribution in [0.1, 0.15) is 16.8 Å². The third-order valence-electron chi connectivity index (χ3n) is 2.56. The van der Waals surface area contributed by atoms with Crippen LogP contribution >= 0.6 is 11.6 Å². The molecule has 2 nitrogen and oxygen atoms in total. The van der Waals surface area contributed by atoms with Crippen molar-refractivity contribution >= 4 is 17.4 Å². The van der Waals surface area contributed by atoms with Gasteiger partial charge in [0.1, 0.15) is 0 Å². The summed E-state index contributed by atoms with van der Waals surface area (Å²) in [6.07, 6.45) is 4.46. The molecule has 0 radical (unpaired) electrons. The van der Waals surface area contributed by atoms with E-state index >= 15 is 0 Å². The van der Waals surface area contributed by atoms with Crippen LogP contribution in [0.25, 0.3) is 0 Å². The zero-order valence-electron chi connectivity index (χ0n) is 8.19. The number of halogens is 1. The minimum absolute atomic E-state index is 0.0122. The van der Waals surface area contributed by atoms with Crippen LogP contribution in [0.2, 0.25) is 5.02 Å². The molecule has 0 amide bonds. The minimum atomic E-state index is -0.0848. The molecule has 0 fully saturated rings. The van der Waals surface area contributed by atoms with Crippen LogP contribution in [-0.2, 0) is 0 Å². The standard InChI is InChI=1S/C12H12ClNO/c13-10-3-1-2-8(6-10)12(15)9-4-5-11(14)7-9/h1-6,9,11H,7,14H2. The third kappa shape index (κ3) is 2.28. The lowest BCUT2D eigenvalue weighted by Crippen LogP contribution is -2.19. The Labute approximate surface area is 93.7 Å². The second-order valence-corrected chi connectivity index (χ2v) is 4.20. The Balaban J connectivity index is 2.18. The van der Waals surface area contributed by atoms with Crippen molar-refractivity contribution in [2.45, 2.75) is 12.5 Å². The maximum Gasteiger partial charge on any atom is 0.169 e. The Kier molecular flexibility index (Phi) is 2.89. The van der Waals surface area contributed by atoms with Crippen molar-refractivity contribution in [2.75, 3.05) is 0 Å². The number of allylic oxidation sites excluding steroid dienone is 1. The van der Waals surface area contributed by atoms with Gasteiger partial charge in [0.25, 0.3) is 0 Å². The van der Waals surface area contributed by atoms with Gasteiger partial charge in [0, 0.05) is 22.5 Å². The van der Waals surface area contributed by atoms with Gasteiger partial charge < -0.3 is 5.73 Å². The number of nitrogens with two attached hydrogens (primary N) is 1. The fourth-order valence-electron chi connectivity index (χ4n) is 1.78. The van der Waals surface area contributed by atoms with E-state index in [1.165, 1.54) is 0 Å². The van der Waals surface area contributed by atoms with E-state index in [0.717, 1.165) is 0 Å². The quantitative estimate of drug-likeness (QED) is 0.616. The predicted octanol–water partition coefficient (Wildman–Crippen LogP) is 2.43. The molecule has 2 N–H and O–H groups in total. The van der Waals surface area contributed by atoms with Gasteiger partial charge in [-0.15, -0.1) is 0 Å². The van der Waals surface area contributed by atoms with E-state index in [2.05, 4.69) is 0 Å². The van der Waals surface area contributed by atoms with E-state index in [1.807, 2.05) is 12.2 Å². The molecule has 0 aliphatic heterocycles. The van der Waals surface area contributed by atoms with E-state index < -0.39 is 0 Å². The maximum absolute atomic E-state index is 12.0. The Morgan fingerprint density at radius 2 is 2.20 bits per heavy atom. The molecule has 2 atom stereocenters. The van der Waals surface area contributed by atoms with E-state index in [9.17, 15) is 4.79 Å². The lowest BCUT2D eigenvalue weighted by Gasteiger charge is -2.08. The molecule has 0 spiro atoms. The number of carbonyl (C=O) groups excluding carboxylic acids is 1. The minimum Gasteiger partial charge on any atom is -0.324 e. The first-order chi connectivity index (χ1) is 7.16. The summed E-state index contributed by atoms with van der Waals surface area (Å²) in [6, 6.07) is 7.04. The van der Waals surface area contributed by atoms with Gasteiger partial charge in [-0.1, -0.05) is 35.9 Å². The molecular formula is C12H12ClNO. The largest absolute Gasteiger partial charge is 0.324 e. The second kappa shape index (κ2) is 4.17. The molecular weight excluding hydrogens is 210 g/mol. The summed E-state index contributed by atoms with van der Waals surface area (Å²) in [5.74, 6) is 0.0140. The number of benzene rings is 1. The molecule has 2 rings (SSSR count). The predicted molar refractivity (Wildman–Crippen MR) is 61.0 cm³/mol. The zero-order chi connectivity index (χ0) is 10.8. The average molecular weight is 222 g/mol. The maximum atomic E-state index is 12.0. The van der Waals surface area contributed by atoms with Gasteiger partial charge in [0.05, 0.1) is 0 Å². The van der Waals surface area contributed by atoms with Crippen molar-refractivity contribution < 1.29 is 4.79 Å². The zero-order valence-corrected chi connectivity index (χ0v) is 8.95. The Morgan fingerprint density at radius 1 is 1.40 bits per heavy atom. The average Bonchev–Trinajstić information content (AvgIpc) is 2.64. The highest BCUT2D eigenvalue weighted by Crippen LogP contribution is 2.22. The van der Waals surface area contributed by atoms with E-state index in [-0.39, 0.29) is 17.7 Å². The summed E-state index contributed by atoms with van der Waals surface area (Å²) in [7, 11) is 0. The van der Waals surface area contributed by atoms with Gasteiger partial charge in [-0.25, -0.2) is 0 Å². The van der Waals surface area contributed by atoms with Gasteiger partial charge in [-0.3, -0.25) is 4.79 Å². The van der Waals surface area contributed by atoms with Gasteiger partial charge in [0.2, 0.25) is 0 Å². The van der Waals surface area contributed by atoms with Crippen molar-refractivity contribution in [3.8, 4) is 0 Å². The highest BCUT2D eigenvalue weighted by molar-refractivity contribution is 6.31. The van der Waals surface area contributed by atoms with Gasteiger partial charge >= 0.3 is 0 Å². The van der Waals surface area contributed by atoms with Crippen LogP contribution in [-0.4, -0.2) is 11.8 Å². The summed E-state index contributed by atoms with van der Waals surface area (Å²) >= 11 is 5.83. The number of ketones is 1. The van der Waals surface area contributed by atoms with Crippen LogP contribution in [0.15, 0.2) is 36.4 Å². The molecule has 78 valence electrons. The van der Waals surface area contributed by atoms with Crippen LogP contribution in [0.5, 0.6) is 0 Å². The summed E-state index contributed by atoms with van der Waals surface area (Å²) in [5.41, 5.74) is 6.36. The molecule has 0 saturated carbocycles. The number of carbonyl (C=O) groups is 1. The summed E-state index contributed by atoms with van der Waals surface area (Å²) in [6.45, 7) is 0. The Morgan fingerprint density at radius 3 is 2.80 bits per heavy atom. The molecule has 1 aromatic carbocycles. The first kappa shape index (κ1) is 10.4. The van der Waals surface area contributed by atoms with Gasteiger partial charge in [-0.05, 0) is 18.6 Å². The third-order valence-corrected chi connectivity index (χ3v) is 2.80. The lowest BCUT2D eigenvalue weighted by atomic mass is 9.97. The first-order valence-corrected chi connectivity index (χ1v) is 5.28. The fraction of sp³-hybridized carbons (Fsp3) is 0.250. The van der Waals surface area contributed by atoms with Crippen molar-refractivity contribution in [1.29, 1.82) is 0 Å². The monoisotopic (exact) mass is 221 g/mol. The van der Waals surface area contributed by atoms with Crippen molar-refractivity contribution in [2.24, 2.45) is 11.7 Å². The van der Waals surface area contributed by atoms with Crippen LogP contribution < -0.4 is 5.73 Å². The molecule has 1 aliphatic carbocycles. The molecule has 15 heavy (non-hydrogen) atoms. The van der Waals surface area contributed by atoms with Crippen LogP contribution in [0, 0.1) is 5.92 Å². The molecule has 3 heteroatoms. The van der Waals surface area contributed by atoms with Crippen LogP contribution in [0.4, 0.5) is 0 Å². The normalized spacial score (nSPS) is 24.4. The van der Waals surface area contributed by atoms with Gasteiger partial charge in [0.15, 0.2) is 5.78 Å². The number of hydrogen-bond donors (Lipinski definition) is 1. The fourth-order valence-corrected chi connectivity index (χ4v) is 1.97.